The normalized spacial score (nSPS) is 14.0. The second-order valence-electron chi connectivity index (χ2n) is 2.12. The zero-order chi connectivity index (χ0) is 8.27. The van der Waals surface area contributed by atoms with E-state index in [2.05, 4.69) is 0 Å². The van der Waals surface area contributed by atoms with Crippen molar-refractivity contribution >= 4 is 8.81 Å². The molecule has 2 atom stereocenters. The third-order valence-electron chi connectivity index (χ3n) is 1.33. The summed E-state index contributed by atoms with van der Waals surface area (Å²) in [5.41, 5.74) is 0.614. The molecular formula is C7H9O3P. The molecule has 0 aliphatic carbocycles. The molecule has 0 amide bonds. The number of aliphatic hydroxyl groups is 1. The fourth-order valence-electron chi connectivity index (χ4n) is 0.731. The van der Waals surface area contributed by atoms with Crippen LogP contribution in [0.4, 0.5) is 0 Å². The van der Waals surface area contributed by atoms with Crippen LogP contribution in [0.25, 0.3) is 0 Å². The zero-order valence-electron chi connectivity index (χ0n) is 5.73. The number of phenolic OH excluding ortho intramolecular Hbond substituents is 1. The Hall–Kier alpha value is -0.630. The largest absolute Gasteiger partial charge is 0.508 e. The van der Waals surface area contributed by atoms with Gasteiger partial charge in [0.05, 0.1) is 0 Å². The van der Waals surface area contributed by atoms with Crippen molar-refractivity contribution in [3.05, 3.63) is 29.8 Å². The van der Waals surface area contributed by atoms with Gasteiger partial charge in [-0.15, -0.1) is 0 Å². The second-order valence-corrected chi connectivity index (χ2v) is 2.93. The lowest BCUT2D eigenvalue weighted by atomic mass is 10.2. The van der Waals surface area contributed by atoms with Crippen LogP contribution in [0.1, 0.15) is 11.4 Å². The van der Waals surface area contributed by atoms with E-state index in [1.165, 1.54) is 12.1 Å². The molecule has 2 unspecified atom stereocenters. The molecule has 0 spiro atoms. The Morgan fingerprint density at radius 3 is 2.18 bits per heavy atom. The van der Waals surface area contributed by atoms with Crippen molar-refractivity contribution < 1.29 is 15.1 Å². The minimum absolute atomic E-state index is 0.155. The summed E-state index contributed by atoms with van der Waals surface area (Å²) < 4.78 is 0. The molecule has 0 saturated carbocycles. The first-order chi connectivity index (χ1) is 5.24. The number of benzene rings is 1. The van der Waals surface area contributed by atoms with Crippen molar-refractivity contribution in [2.24, 2.45) is 0 Å². The molecule has 0 radical (unpaired) electrons. The average Bonchev–Trinajstić information content (AvgIpc) is 2.05. The molecule has 4 heteroatoms. The Kier molecular flexibility index (Phi) is 2.83. The van der Waals surface area contributed by atoms with Crippen molar-refractivity contribution in [1.29, 1.82) is 0 Å². The summed E-state index contributed by atoms with van der Waals surface area (Å²) in [6.45, 7) is 0. The van der Waals surface area contributed by atoms with E-state index in [1.54, 1.807) is 12.1 Å². The monoisotopic (exact) mass is 172 g/mol. The van der Waals surface area contributed by atoms with Gasteiger partial charge < -0.3 is 15.1 Å². The highest BCUT2D eigenvalue weighted by atomic mass is 31.1. The van der Waals surface area contributed by atoms with Crippen LogP contribution < -0.4 is 0 Å². The van der Waals surface area contributed by atoms with E-state index in [0.29, 0.717) is 5.56 Å². The first-order valence-corrected chi connectivity index (χ1v) is 4.13. The first-order valence-electron chi connectivity index (χ1n) is 3.10. The van der Waals surface area contributed by atoms with Gasteiger partial charge in [-0.1, -0.05) is 12.1 Å². The van der Waals surface area contributed by atoms with Crippen LogP contribution in [0, 0.1) is 0 Å². The summed E-state index contributed by atoms with van der Waals surface area (Å²) in [6, 6.07) is 6.09. The molecule has 11 heavy (non-hydrogen) atoms. The van der Waals surface area contributed by atoms with Crippen LogP contribution in [0.3, 0.4) is 0 Å². The summed E-state index contributed by atoms with van der Waals surface area (Å²) in [7, 11) is -0.520. The first kappa shape index (κ1) is 8.47. The van der Waals surface area contributed by atoms with Gasteiger partial charge >= 0.3 is 0 Å². The molecular weight excluding hydrogens is 163 g/mol. The molecule has 3 N–H and O–H groups in total. The molecule has 0 saturated heterocycles. The van der Waals surface area contributed by atoms with Gasteiger partial charge in [-0.25, -0.2) is 0 Å². The van der Waals surface area contributed by atoms with Crippen LogP contribution in [0.2, 0.25) is 0 Å². The molecule has 0 fully saturated rings. The van der Waals surface area contributed by atoms with Gasteiger partial charge in [-0.2, -0.15) is 0 Å². The lowest BCUT2D eigenvalue weighted by Gasteiger charge is -2.05. The number of hydrogen-bond donors (Lipinski definition) is 3. The van der Waals surface area contributed by atoms with Gasteiger partial charge in [-0.05, 0) is 17.7 Å². The quantitative estimate of drug-likeness (QED) is 0.582. The van der Waals surface area contributed by atoms with Gasteiger partial charge in [0, 0.05) is 8.81 Å². The number of aliphatic hydroxyl groups excluding tert-OH is 1. The molecule has 0 aromatic heterocycles. The van der Waals surface area contributed by atoms with Gasteiger partial charge in [0.15, 0.2) is 0 Å². The third kappa shape index (κ3) is 2.15. The number of aromatic hydroxyl groups is 1. The summed E-state index contributed by atoms with van der Waals surface area (Å²) >= 11 is 0. The summed E-state index contributed by atoms with van der Waals surface area (Å²) in [5.74, 6) is -0.669. The Bertz CT molecular complexity index is 222. The van der Waals surface area contributed by atoms with Crippen LogP contribution >= 0.6 is 8.81 Å². The predicted octanol–water partition coefficient (Wildman–Crippen LogP) is 0.969. The Balaban J connectivity index is 2.81. The van der Waals surface area contributed by atoms with Crippen LogP contribution in [-0.4, -0.2) is 15.1 Å². The highest BCUT2D eigenvalue weighted by molar-refractivity contribution is 7.31. The van der Waals surface area contributed by atoms with Crippen molar-refractivity contribution in [1.82, 2.24) is 0 Å². The lowest BCUT2D eigenvalue weighted by molar-refractivity contribution is 0.257. The van der Waals surface area contributed by atoms with E-state index in [9.17, 15) is 0 Å². The summed E-state index contributed by atoms with van der Waals surface area (Å²) in [5, 5.41) is 18.0. The highest BCUT2D eigenvalue weighted by Crippen LogP contribution is 2.28. The molecule has 1 aromatic carbocycles. The van der Waals surface area contributed by atoms with Gasteiger partial charge in [0.25, 0.3) is 0 Å². The Morgan fingerprint density at radius 1 is 1.18 bits per heavy atom. The topological polar surface area (TPSA) is 60.7 Å². The lowest BCUT2D eigenvalue weighted by Crippen LogP contribution is -1.87. The van der Waals surface area contributed by atoms with Crippen LogP contribution in [0.5, 0.6) is 5.75 Å². The molecule has 1 rings (SSSR count). The van der Waals surface area contributed by atoms with Crippen molar-refractivity contribution in [2.75, 3.05) is 0 Å². The SMILES string of the molecule is OPC(O)c1ccc(O)cc1. The van der Waals surface area contributed by atoms with E-state index in [-0.39, 0.29) is 5.75 Å². The van der Waals surface area contributed by atoms with Gasteiger partial charge in [-0.3, -0.25) is 0 Å². The van der Waals surface area contributed by atoms with E-state index in [0.717, 1.165) is 0 Å². The molecule has 0 aliphatic heterocycles. The molecule has 0 aliphatic rings. The molecule has 1 aromatic rings. The number of phenols is 1. The van der Waals surface area contributed by atoms with Gasteiger partial charge in [0.1, 0.15) is 11.6 Å². The number of hydrogen-bond acceptors (Lipinski definition) is 3. The average molecular weight is 172 g/mol. The highest BCUT2D eigenvalue weighted by Gasteiger charge is 2.04. The fourth-order valence-corrected chi connectivity index (χ4v) is 1.07. The standard InChI is InChI=1S/C7H9O3P/c8-6-3-1-5(2-4-6)7(9)11-10/h1-4,7-11H. The summed E-state index contributed by atoms with van der Waals surface area (Å²) in [4.78, 5) is 8.57. The van der Waals surface area contributed by atoms with Crippen LogP contribution in [0.15, 0.2) is 24.3 Å². The fraction of sp³-hybridized carbons (Fsp3) is 0.143. The maximum absolute atomic E-state index is 9.10. The maximum Gasteiger partial charge on any atom is 0.120 e. The minimum Gasteiger partial charge on any atom is -0.508 e. The zero-order valence-corrected chi connectivity index (χ0v) is 6.73. The second kappa shape index (κ2) is 3.67. The predicted molar refractivity (Wildman–Crippen MR) is 43.6 cm³/mol. The van der Waals surface area contributed by atoms with Crippen LogP contribution in [-0.2, 0) is 0 Å². The smallest absolute Gasteiger partial charge is 0.120 e. The van der Waals surface area contributed by atoms with Crippen molar-refractivity contribution in [3.8, 4) is 5.75 Å². The van der Waals surface area contributed by atoms with E-state index in [4.69, 9.17) is 15.1 Å². The third-order valence-corrected chi connectivity index (χ3v) is 1.91. The molecule has 3 nitrogen and oxygen atoms in total. The van der Waals surface area contributed by atoms with Crippen molar-refractivity contribution in [2.45, 2.75) is 5.85 Å². The van der Waals surface area contributed by atoms with E-state index < -0.39 is 14.7 Å². The molecule has 0 heterocycles. The van der Waals surface area contributed by atoms with E-state index >= 15 is 0 Å². The molecule has 60 valence electrons. The maximum atomic E-state index is 9.10. The molecule has 0 bridgehead atoms. The Morgan fingerprint density at radius 2 is 1.73 bits per heavy atom. The minimum atomic E-state index is -0.824. The Labute approximate surface area is 66.2 Å². The van der Waals surface area contributed by atoms with Gasteiger partial charge in [0.2, 0.25) is 0 Å². The summed E-state index contributed by atoms with van der Waals surface area (Å²) in [6.07, 6.45) is 0. The van der Waals surface area contributed by atoms with E-state index in [1.807, 2.05) is 0 Å². The number of rotatable bonds is 2. The van der Waals surface area contributed by atoms with Crippen molar-refractivity contribution in [3.63, 3.8) is 0 Å².